The number of carbonyl (C=O) groups is 1. The number of hydrogen-bond acceptors (Lipinski definition) is 3. The lowest BCUT2D eigenvalue weighted by Crippen LogP contribution is -2.14. The van der Waals surface area contributed by atoms with Gasteiger partial charge in [0, 0.05) is 10.9 Å². The Morgan fingerprint density at radius 3 is 2.58 bits per heavy atom. The number of carbonyl (C=O) groups excluding carboxylic acids is 1. The SMILES string of the molecule is Cc1ccc(CC(=O)Nc2nc(-c3ccc(F)c(F)c3)cs2)cc1. The maximum absolute atomic E-state index is 13.3. The van der Waals surface area contributed by atoms with Gasteiger partial charge >= 0.3 is 0 Å². The van der Waals surface area contributed by atoms with Crippen molar-refractivity contribution in [2.24, 2.45) is 0 Å². The second-order valence-corrected chi connectivity index (χ2v) is 6.24. The van der Waals surface area contributed by atoms with E-state index in [2.05, 4.69) is 10.3 Å². The minimum atomic E-state index is -0.926. The first-order valence-electron chi connectivity index (χ1n) is 7.27. The Bertz CT molecular complexity index is 875. The molecule has 0 saturated heterocycles. The molecule has 1 heterocycles. The molecular formula is C18H14F2N2OS. The molecule has 3 rings (SSSR count). The molecule has 0 aliphatic carbocycles. The van der Waals surface area contributed by atoms with Crippen LogP contribution in [-0.4, -0.2) is 10.9 Å². The molecule has 24 heavy (non-hydrogen) atoms. The van der Waals surface area contributed by atoms with Crippen molar-refractivity contribution in [2.45, 2.75) is 13.3 Å². The monoisotopic (exact) mass is 344 g/mol. The van der Waals surface area contributed by atoms with Crippen LogP contribution in [0, 0.1) is 18.6 Å². The zero-order valence-corrected chi connectivity index (χ0v) is 13.7. The minimum Gasteiger partial charge on any atom is -0.302 e. The molecular weight excluding hydrogens is 330 g/mol. The van der Waals surface area contributed by atoms with Crippen LogP contribution in [0.25, 0.3) is 11.3 Å². The lowest BCUT2D eigenvalue weighted by Gasteiger charge is -2.02. The van der Waals surface area contributed by atoms with Crippen LogP contribution in [0.4, 0.5) is 13.9 Å². The summed E-state index contributed by atoms with van der Waals surface area (Å²) < 4.78 is 26.3. The number of nitrogens with zero attached hydrogens (tertiary/aromatic N) is 1. The lowest BCUT2D eigenvalue weighted by atomic mass is 10.1. The Balaban J connectivity index is 1.68. The zero-order valence-electron chi connectivity index (χ0n) is 12.8. The number of aromatic nitrogens is 1. The summed E-state index contributed by atoms with van der Waals surface area (Å²) in [6, 6.07) is 11.3. The van der Waals surface area contributed by atoms with Crippen LogP contribution in [0.15, 0.2) is 47.8 Å². The van der Waals surface area contributed by atoms with Gasteiger partial charge in [0.25, 0.3) is 0 Å². The number of anilines is 1. The van der Waals surface area contributed by atoms with Crippen molar-refractivity contribution in [3.63, 3.8) is 0 Å². The summed E-state index contributed by atoms with van der Waals surface area (Å²) in [5, 5.41) is 4.83. The predicted octanol–water partition coefficient (Wildman–Crippen LogP) is 4.58. The average molecular weight is 344 g/mol. The highest BCUT2D eigenvalue weighted by atomic mass is 32.1. The molecule has 3 aromatic rings. The Hall–Kier alpha value is -2.60. The number of amides is 1. The van der Waals surface area contributed by atoms with Crippen LogP contribution in [0.2, 0.25) is 0 Å². The molecule has 122 valence electrons. The van der Waals surface area contributed by atoms with Crippen molar-refractivity contribution in [2.75, 3.05) is 5.32 Å². The van der Waals surface area contributed by atoms with Crippen LogP contribution in [-0.2, 0) is 11.2 Å². The standard InChI is InChI=1S/C18H14F2N2OS/c1-11-2-4-12(5-3-11)8-17(23)22-18-21-16(10-24-18)13-6-7-14(19)15(20)9-13/h2-7,9-10H,8H2,1H3,(H,21,22,23). The highest BCUT2D eigenvalue weighted by molar-refractivity contribution is 7.14. The van der Waals surface area contributed by atoms with Gasteiger partial charge in [-0.15, -0.1) is 11.3 Å². The van der Waals surface area contributed by atoms with Crippen LogP contribution < -0.4 is 5.32 Å². The second kappa shape index (κ2) is 6.88. The van der Waals surface area contributed by atoms with Gasteiger partial charge in [0.1, 0.15) is 0 Å². The molecule has 0 radical (unpaired) electrons. The van der Waals surface area contributed by atoms with Crippen molar-refractivity contribution in [1.82, 2.24) is 4.98 Å². The molecule has 0 aliphatic rings. The smallest absolute Gasteiger partial charge is 0.230 e. The van der Waals surface area contributed by atoms with E-state index in [0.29, 0.717) is 16.4 Å². The van der Waals surface area contributed by atoms with Crippen molar-refractivity contribution in [1.29, 1.82) is 0 Å². The third-order valence-electron chi connectivity index (χ3n) is 3.45. The average Bonchev–Trinajstić information content (AvgIpc) is 3.00. The van der Waals surface area contributed by atoms with E-state index in [1.165, 1.54) is 17.4 Å². The summed E-state index contributed by atoms with van der Waals surface area (Å²) in [6.07, 6.45) is 0.250. The Labute approximate surface area is 142 Å². The number of rotatable bonds is 4. The lowest BCUT2D eigenvalue weighted by molar-refractivity contribution is -0.115. The summed E-state index contributed by atoms with van der Waals surface area (Å²) in [7, 11) is 0. The van der Waals surface area contributed by atoms with Crippen LogP contribution in [0.5, 0.6) is 0 Å². The van der Waals surface area contributed by atoms with Crippen LogP contribution in [0.3, 0.4) is 0 Å². The summed E-state index contributed by atoms with van der Waals surface area (Å²) in [5.41, 5.74) is 3.00. The van der Waals surface area contributed by atoms with Gasteiger partial charge < -0.3 is 5.32 Å². The first-order chi connectivity index (χ1) is 11.5. The third-order valence-corrected chi connectivity index (χ3v) is 4.21. The van der Waals surface area contributed by atoms with E-state index in [-0.39, 0.29) is 12.3 Å². The van der Waals surface area contributed by atoms with E-state index in [1.54, 1.807) is 5.38 Å². The third kappa shape index (κ3) is 3.83. The fourth-order valence-electron chi connectivity index (χ4n) is 2.17. The molecule has 2 aromatic carbocycles. The van der Waals surface area contributed by atoms with Crippen molar-refractivity contribution < 1.29 is 13.6 Å². The van der Waals surface area contributed by atoms with E-state index < -0.39 is 11.6 Å². The molecule has 0 saturated carbocycles. The topological polar surface area (TPSA) is 42.0 Å². The van der Waals surface area contributed by atoms with Gasteiger partial charge in [0.2, 0.25) is 5.91 Å². The van der Waals surface area contributed by atoms with E-state index in [4.69, 9.17) is 0 Å². The molecule has 0 bridgehead atoms. The van der Waals surface area contributed by atoms with Gasteiger partial charge in [0.15, 0.2) is 16.8 Å². The molecule has 0 atom stereocenters. The maximum atomic E-state index is 13.3. The van der Waals surface area contributed by atoms with Gasteiger partial charge in [-0.1, -0.05) is 29.8 Å². The van der Waals surface area contributed by atoms with Crippen molar-refractivity contribution >= 4 is 22.4 Å². The summed E-state index contributed by atoms with van der Waals surface area (Å²) in [4.78, 5) is 16.3. The fraction of sp³-hybridized carbons (Fsp3) is 0.111. The molecule has 3 nitrogen and oxygen atoms in total. The quantitative estimate of drug-likeness (QED) is 0.753. The summed E-state index contributed by atoms with van der Waals surface area (Å²) >= 11 is 1.24. The number of halogens is 2. The largest absolute Gasteiger partial charge is 0.302 e. The number of benzene rings is 2. The Morgan fingerprint density at radius 2 is 1.88 bits per heavy atom. The summed E-state index contributed by atoms with van der Waals surface area (Å²) in [6.45, 7) is 1.99. The normalized spacial score (nSPS) is 10.6. The molecule has 1 aromatic heterocycles. The second-order valence-electron chi connectivity index (χ2n) is 5.38. The van der Waals surface area contributed by atoms with E-state index in [0.717, 1.165) is 23.3 Å². The van der Waals surface area contributed by atoms with E-state index >= 15 is 0 Å². The number of nitrogens with one attached hydrogen (secondary N) is 1. The highest BCUT2D eigenvalue weighted by Gasteiger charge is 2.10. The number of aryl methyl sites for hydroxylation is 1. The highest BCUT2D eigenvalue weighted by Crippen LogP contribution is 2.26. The maximum Gasteiger partial charge on any atom is 0.230 e. The van der Waals surface area contributed by atoms with Crippen molar-refractivity contribution in [3.8, 4) is 11.3 Å². The zero-order chi connectivity index (χ0) is 17.1. The first-order valence-corrected chi connectivity index (χ1v) is 8.15. The molecule has 1 N–H and O–H groups in total. The van der Waals surface area contributed by atoms with Gasteiger partial charge in [-0.3, -0.25) is 4.79 Å². The van der Waals surface area contributed by atoms with Gasteiger partial charge in [-0.25, -0.2) is 13.8 Å². The Kier molecular flexibility index (Phi) is 4.66. The Morgan fingerprint density at radius 1 is 1.12 bits per heavy atom. The predicted molar refractivity (Wildman–Crippen MR) is 91.0 cm³/mol. The molecule has 0 fully saturated rings. The molecule has 6 heteroatoms. The number of thiazole rings is 1. The first kappa shape index (κ1) is 16.3. The summed E-state index contributed by atoms with van der Waals surface area (Å²) in [5.74, 6) is -2.00. The molecule has 0 spiro atoms. The van der Waals surface area contributed by atoms with Gasteiger partial charge in [-0.05, 0) is 30.7 Å². The van der Waals surface area contributed by atoms with Gasteiger partial charge in [0.05, 0.1) is 12.1 Å². The fourth-order valence-corrected chi connectivity index (χ4v) is 2.91. The van der Waals surface area contributed by atoms with Crippen LogP contribution >= 0.6 is 11.3 Å². The molecule has 0 aliphatic heterocycles. The molecule has 1 amide bonds. The van der Waals surface area contributed by atoms with Gasteiger partial charge in [-0.2, -0.15) is 0 Å². The minimum absolute atomic E-state index is 0.176. The van der Waals surface area contributed by atoms with E-state index in [1.807, 2.05) is 31.2 Å². The molecule has 0 unspecified atom stereocenters. The van der Waals surface area contributed by atoms with Crippen LogP contribution in [0.1, 0.15) is 11.1 Å². The van der Waals surface area contributed by atoms with Crippen molar-refractivity contribution in [3.05, 3.63) is 70.6 Å². The van der Waals surface area contributed by atoms with E-state index in [9.17, 15) is 13.6 Å². The number of hydrogen-bond donors (Lipinski definition) is 1.